The molecule has 2 aromatic heterocycles. The number of nitrogens with zero attached hydrogens (tertiary/aromatic N) is 1. The Kier molecular flexibility index (Phi) is 4.55. The van der Waals surface area contributed by atoms with Crippen molar-refractivity contribution in [3.8, 4) is 33.3 Å². The highest BCUT2D eigenvalue weighted by molar-refractivity contribution is 7.16. The van der Waals surface area contributed by atoms with Crippen LogP contribution in [0.15, 0.2) is 29.6 Å². The van der Waals surface area contributed by atoms with Crippen molar-refractivity contribution in [2.24, 2.45) is 5.73 Å². The monoisotopic (exact) mass is 359 g/mol. The van der Waals surface area contributed by atoms with E-state index in [2.05, 4.69) is 0 Å². The summed E-state index contributed by atoms with van der Waals surface area (Å²) < 4.78 is 10.7. The number of aromatic nitrogens is 1. The zero-order valence-corrected chi connectivity index (χ0v) is 15.2. The second-order valence-electron chi connectivity index (χ2n) is 5.10. The van der Waals surface area contributed by atoms with Gasteiger partial charge in [0.25, 0.3) is 0 Å². The van der Waals surface area contributed by atoms with Gasteiger partial charge in [0.1, 0.15) is 22.3 Å². The third-order valence-electron chi connectivity index (χ3n) is 3.60. The second-order valence-corrected chi connectivity index (χ2v) is 7.21. The summed E-state index contributed by atoms with van der Waals surface area (Å²) in [6.45, 7) is 2.01. The predicted octanol–water partition coefficient (Wildman–Crippen LogP) is 4.15. The second kappa shape index (κ2) is 6.62. The molecule has 7 heteroatoms. The Labute approximate surface area is 148 Å². The molecule has 0 bridgehead atoms. The Bertz CT molecular complexity index is 899. The summed E-state index contributed by atoms with van der Waals surface area (Å²) in [7, 11) is 3.27. The van der Waals surface area contributed by atoms with E-state index < -0.39 is 0 Å². The van der Waals surface area contributed by atoms with Gasteiger partial charge in [-0.2, -0.15) is 0 Å². The summed E-state index contributed by atoms with van der Waals surface area (Å²) >= 11 is 3.07. The summed E-state index contributed by atoms with van der Waals surface area (Å²) in [5.74, 6) is 1.59. The molecule has 0 saturated carbocycles. The van der Waals surface area contributed by atoms with Gasteiger partial charge in [-0.05, 0) is 31.2 Å². The van der Waals surface area contributed by atoms with Gasteiger partial charge in [-0.1, -0.05) is 0 Å². The molecule has 0 spiro atoms. The lowest BCUT2D eigenvalue weighted by atomic mass is 10.1. The van der Waals surface area contributed by atoms with Crippen molar-refractivity contribution in [2.75, 3.05) is 14.2 Å². The third-order valence-corrected chi connectivity index (χ3v) is 5.56. The van der Waals surface area contributed by atoms with Crippen molar-refractivity contribution in [3.05, 3.63) is 39.4 Å². The Morgan fingerprint density at radius 2 is 1.96 bits per heavy atom. The molecule has 24 heavy (non-hydrogen) atoms. The number of thiophene rings is 1. The molecule has 0 aliphatic heterocycles. The van der Waals surface area contributed by atoms with Crippen LogP contribution in [0.2, 0.25) is 0 Å². The van der Waals surface area contributed by atoms with Gasteiger partial charge >= 0.3 is 0 Å². The first-order valence-corrected chi connectivity index (χ1v) is 8.86. The van der Waals surface area contributed by atoms with Gasteiger partial charge in [0.2, 0.25) is 0 Å². The Hall–Kier alpha value is -2.38. The van der Waals surface area contributed by atoms with Crippen LogP contribution < -0.4 is 15.2 Å². The fourth-order valence-electron chi connectivity index (χ4n) is 2.36. The molecule has 2 heterocycles. The van der Waals surface area contributed by atoms with Gasteiger partial charge < -0.3 is 15.2 Å². The number of nitrogen functional groups attached to an aromatic ring is 1. The van der Waals surface area contributed by atoms with Crippen molar-refractivity contribution >= 4 is 28.5 Å². The molecule has 0 atom stereocenters. The Balaban J connectivity index is 2.04. The topological polar surface area (TPSA) is 81.2 Å². The smallest absolute Gasteiger partial charge is 0.133 e. The lowest BCUT2D eigenvalue weighted by Crippen LogP contribution is -2.08. The molecule has 3 rings (SSSR count). The molecule has 0 unspecified atom stereocenters. The van der Waals surface area contributed by atoms with Gasteiger partial charge in [-0.25, -0.2) is 4.98 Å². The maximum absolute atomic E-state index is 7.59. The van der Waals surface area contributed by atoms with E-state index in [4.69, 9.17) is 25.6 Å². The predicted molar refractivity (Wildman–Crippen MR) is 99.7 cm³/mol. The van der Waals surface area contributed by atoms with Gasteiger partial charge in [0.15, 0.2) is 0 Å². The first-order valence-electron chi connectivity index (χ1n) is 7.16. The first kappa shape index (κ1) is 16.5. The number of nitrogens with two attached hydrogens (primary N) is 1. The standard InChI is InChI=1S/C17H17N3O2S2/c1-9-11(7-15(24-9)16(18)19)17-20-13(8-23-17)12-6-10(21-2)4-5-14(12)22-3/h4-8H,1-3H3,(H3,18,19). The van der Waals surface area contributed by atoms with Crippen molar-refractivity contribution < 1.29 is 9.47 Å². The first-order chi connectivity index (χ1) is 11.5. The average molecular weight is 359 g/mol. The van der Waals surface area contributed by atoms with Gasteiger partial charge in [0, 0.05) is 21.4 Å². The lowest BCUT2D eigenvalue weighted by Gasteiger charge is -2.08. The van der Waals surface area contributed by atoms with E-state index in [9.17, 15) is 0 Å². The number of hydrogen-bond acceptors (Lipinski definition) is 6. The molecular formula is C17H17N3O2S2. The summed E-state index contributed by atoms with van der Waals surface area (Å²) in [4.78, 5) is 6.60. The molecule has 124 valence electrons. The Morgan fingerprint density at radius 3 is 2.58 bits per heavy atom. The van der Waals surface area contributed by atoms with Crippen LogP contribution in [0, 0.1) is 12.3 Å². The Morgan fingerprint density at radius 1 is 1.17 bits per heavy atom. The van der Waals surface area contributed by atoms with E-state index in [1.807, 2.05) is 36.6 Å². The highest BCUT2D eigenvalue weighted by Crippen LogP contribution is 2.38. The maximum atomic E-state index is 7.59. The van der Waals surface area contributed by atoms with Crippen LogP contribution in [-0.2, 0) is 0 Å². The van der Waals surface area contributed by atoms with Gasteiger partial charge in [0.05, 0.1) is 24.8 Å². The largest absolute Gasteiger partial charge is 0.497 e. The average Bonchev–Trinajstić information content (AvgIpc) is 3.20. The van der Waals surface area contributed by atoms with E-state index >= 15 is 0 Å². The highest BCUT2D eigenvalue weighted by Gasteiger charge is 2.16. The molecule has 0 fully saturated rings. The number of thiazole rings is 1. The van der Waals surface area contributed by atoms with Crippen LogP contribution in [0.5, 0.6) is 11.5 Å². The van der Waals surface area contributed by atoms with Crippen LogP contribution in [0.4, 0.5) is 0 Å². The normalized spacial score (nSPS) is 10.6. The third kappa shape index (κ3) is 3.00. The van der Waals surface area contributed by atoms with Gasteiger partial charge in [-0.3, -0.25) is 5.41 Å². The van der Waals surface area contributed by atoms with Crippen LogP contribution in [0.1, 0.15) is 9.75 Å². The van der Waals surface area contributed by atoms with E-state index in [0.29, 0.717) is 0 Å². The number of rotatable bonds is 5. The van der Waals surface area contributed by atoms with E-state index in [-0.39, 0.29) is 5.84 Å². The molecule has 3 N–H and O–H groups in total. The SMILES string of the molecule is COc1ccc(OC)c(-c2csc(-c3cc(C(=N)N)sc3C)n2)c1. The quantitative estimate of drug-likeness (QED) is 0.530. The van der Waals surface area contributed by atoms with Crippen molar-refractivity contribution in [1.82, 2.24) is 4.98 Å². The molecule has 1 aromatic carbocycles. The molecular weight excluding hydrogens is 342 g/mol. The summed E-state index contributed by atoms with van der Waals surface area (Å²) in [5.41, 5.74) is 8.33. The van der Waals surface area contributed by atoms with Crippen molar-refractivity contribution in [3.63, 3.8) is 0 Å². The van der Waals surface area contributed by atoms with Crippen molar-refractivity contribution in [2.45, 2.75) is 6.92 Å². The molecule has 3 aromatic rings. The minimum Gasteiger partial charge on any atom is -0.497 e. The molecule has 0 amide bonds. The molecule has 0 aliphatic rings. The van der Waals surface area contributed by atoms with Gasteiger partial charge in [-0.15, -0.1) is 22.7 Å². The number of benzene rings is 1. The van der Waals surface area contributed by atoms with E-state index in [1.54, 1.807) is 25.6 Å². The molecule has 0 aliphatic carbocycles. The number of amidine groups is 1. The fraction of sp³-hybridized carbons (Fsp3) is 0.176. The minimum absolute atomic E-state index is 0.0839. The van der Waals surface area contributed by atoms with Crippen LogP contribution in [-0.4, -0.2) is 25.0 Å². The summed E-state index contributed by atoms with van der Waals surface area (Å²) in [6.07, 6.45) is 0. The zero-order valence-electron chi connectivity index (χ0n) is 13.5. The lowest BCUT2D eigenvalue weighted by molar-refractivity contribution is 0.404. The van der Waals surface area contributed by atoms with Crippen LogP contribution >= 0.6 is 22.7 Å². The maximum Gasteiger partial charge on any atom is 0.133 e. The van der Waals surface area contributed by atoms with Crippen molar-refractivity contribution in [1.29, 1.82) is 5.41 Å². The van der Waals surface area contributed by atoms with Crippen LogP contribution in [0.3, 0.4) is 0 Å². The summed E-state index contributed by atoms with van der Waals surface area (Å²) in [5, 5.41) is 10.5. The number of aryl methyl sites for hydroxylation is 1. The summed E-state index contributed by atoms with van der Waals surface area (Å²) in [6, 6.07) is 7.57. The number of nitrogens with one attached hydrogen (secondary N) is 1. The number of ether oxygens (including phenoxy) is 2. The highest BCUT2D eigenvalue weighted by atomic mass is 32.1. The number of methoxy groups -OCH3 is 2. The van der Waals surface area contributed by atoms with E-state index in [0.717, 1.165) is 43.1 Å². The molecule has 0 radical (unpaired) electrons. The molecule has 5 nitrogen and oxygen atoms in total. The molecule has 0 saturated heterocycles. The van der Waals surface area contributed by atoms with Crippen LogP contribution in [0.25, 0.3) is 21.8 Å². The zero-order chi connectivity index (χ0) is 17.3. The fourth-order valence-corrected chi connectivity index (χ4v) is 4.20. The van der Waals surface area contributed by atoms with E-state index in [1.165, 1.54) is 11.3 Å². The number of hydrogen-bond donors (Lipinski definition) is 2. The minimum atomic E-state index is 0.0839.